The summed E-state index contributed by atoms with van der Waals surface area (Å²) in [4.78, 5) is 0. The lowest BCUT2D eigenvalue weighted by Gasteiger charge is -2.13. The molecule has 0 heterocycles. The van der Waals surface area contributed by atoms with Crippen LogP contribution in [0.3, 0.4) is 0 Å². The van der Waals surface area contributed by atoms with E-state index in [1.807, 2.05) is 25.1 Å². The average molecular weight is 246 g/mol. The van der Waals surface area contributed by atoms with Crippen LogP contribution < -0.4 is 4.74 Å². The molecule has 1 unspecified atom stereocenters. The highest BCUT2D eigenvalue weighted by molar-refractivity contribution is 5.43. The topological polar surface area (TPSA) is 29.5 Å². The quantitative estimate of drug-likeness (QED) is 0.809. The fraction of sp³-hybridized carbons (Fsp3) is 0.500. The van der Waals surface area contributed by atoms with E-state index < -0.39 is 0 Å². The van der Waals surface area contributed by atoms with Crippen LogP contribution in [0.15, 0.2) is 18.2 Å². The van der Waals surface area contributed by atoms with Crippen molar-refractivity contribution >= 4 is 0 Å². The minimum Gasteiger partial charge on any atom is -0.493 e. The molecule has 0 bridgehead atoms. The van der Waals surface area contributed by atoms with Gasteiger partial charge in [0, 0.05) is 5.56 Å². The van der Waals surface area contributed by atoms with Crippen LogP contribution in [-0.4, -0.2) is 18.3 Å². The second kappa shape index (κ2) is 7.79. The Balaban J connectivity index is 2.62. The van der Waals surface area contributed by atoms with Gasteiger partial charge in [-0.1, -0.05) is 32.1 Å². The van der Waals surface area contributed by atoms with Crippen LogP contribution in [0.4, 0.5) is 0 Å². The fourth-order valence-electron chi connectivity index (χ4n) is 1.84. The number of aliphatic hydroxyl groups is 1. The molecule has 1 rings (SSSR count). The van der Waals surface area contributed by atoms with E-state index in [9.17, 15) is 0 Å². The Morgan fingerprint density at radius 1 is 1.39 bits per heavy atom. The first kappa shape index (κ1) is 14.6. The Bertz CT molecular complexity index is 426. The smallest absolute Gasteiger partial charge is 0.122 e. The summed E-state index contributed by atoms with van der Waals surface area (Å²) in [7, 11) is 0. The first-order valence-electron chi connectivity index (χ1n) is 6.50. The fourth-order valence-corrected chi connectivity index (χ4v) is 1.84. The molecule has 0 aromatic heterocycles. The Morgan fingerprint density at radius 2 is 2.17 bits per heavy atom. The summed E-state index contributed by atoms with van der Waals surface area (Å²) < 4.78 is 5.81. The van der Waals surface area contributed by atoms with E-state index in [2.05, 4.69) is 25.7 Å². The summed E-state index contributed by atoms with van der Waals surface area (Å²) in [5.74, 6) is 7.04. The second-order valence-electron chi connectivity index (χ2n) is 4.65. The number of aliphatic hydroxyl groups excluding tert-OH is 1. The number of aryl methyl sites for hydroxylation is 1. The predicted octanol–water partition coefficient (Wildman–Crippen LogP) is 3.15. The number of ether oxygens (including phenoxy) is 1. The van der Waals surface area contributed by atoms with Crippen LogP contribution in [0.25, 0.3) is 0 Å². The summed E-state index contributed by atoms with van der Waals surface area (Å²) in [5.41, 5.74) is 2.00. The van der Waals surface area contributed by atoms with Crippen LogP contribution in [0.1, 0.15) is 37.8 Å². The summed E-state index contributed by atoms with van der Waals surface area (Å²) in [6.07, 6.45) is 2.39. The third kappa shape index (κ3) is 4.81. The summed E-state index contributed by atoms with van der Waals surface area (Å²) >= 11 is 0. The molecule has 0 spiro atoms. The summed E-state index contributed by atoms with van der Waals surface area (Å²) in [6, 6.07) is 5.87. The first-order valence-corrected chi connectivity index (χ1v) is 6.50. The highest BCUT2D eigenvalue weighted by Gasteiger charge is 2.04. The van der Waals surface area contributed by atoms with E-state index in [1.165, 1.54) is 12.8 Å². The maximum absolute atomic E-state index is 8.65. The molecule has 2 heteroatoms. The molecule has 1 aromatic carbocycles. The van der Waals surface area contributed by atoms with E-state index in [4.69, 9.17) is 9.84 Å². The monoisotopic (exact) mass is 246 g/mol. The number of hydrogen-bond acceptors (Lipinski definition) is 2. The molecule has 1 aromatic rings. The van der Waals surface area contributed by atoms with Crippen LogP contribution in [0, 0.1) is 24.7 Å². The normalized spacial score (nSPS) is 11.6. The van der Waals surface area contributed by atoms with E-state index in [0.29, 0.717) is 5.92 Å². The number of hydrogen-bond donors (Lipinski definition) is 1. The predicted molar refractivity (Wildman–Crippen MR) is 74.7 cm³/mol. The Morgan fingerprint density at radius 3 is 2.78 bits per heavy atom. The maximum atomic E-state index is 8.65. The lowest BCUT2D eigenvalue weighted by Crippen LogP contribution is -2.08. The van der Waals surface area contributed by atoms with Crippen molar-refractivity contribution < 1.29 is 9.84 Å². The first-order chi connectivity index (χ1) is 8.67. The van der Waals surface area contributed by atoms with Gasteiger partial charge in [0.25, 0.3) is 0 Å². The minimum atomic E-state index is -0.105. The molecule has 18 heavy (non-hydrogen) atoms. The van der Waals surface area contributed by atoms with Gasteiger partial charge in [-0.25, -0.2) is 0 Å². The lowest BCUT2D eigenvalue weighted by molar-refractivity contribution is 0.250. The van der Waals surface area contributed by atoms with Crippen molar-refractivity contribution in [3.63, 3.8) is 0 Å². The SMILES string of the molecule is CCCC(C)COc1ccc(C#CCO)cc1C. The molecule has 1 atom stereocenters. The van der Waals surface area contributed by atoms with E-state index >= 15 is 0 Å². The second-order valence-corrected chi connectivity index (χ2v) is 4.65. The van der Waals surface area contributed by atoms with Gasteiger partial charge in [-0.3, -0.25) is 0 Å². The molecule has 0 fully saturated rings. The molecular weight excluding hydrogens is 224 g/mol. The lowest BCUT2D eigenvalue weighted by atomic mass is 10.1. The van der Waals surface area contributed by atoms with Crippen molar-refractivity contribution in [3.05, 3.63) is 29.3 Å². The van der Waals surface area contributed by atoms with E-state index in [-0.39, 0.29) is 6.61 Å². The van der Waals surface area contributed by atoms with Gasteiger partial charge >= 0.3 is 0 Å². The molecule has 0 aliphatic rings. The molecule has 98 valence electrons. The largest absolute Gasteiger partial charge is 0.493 e. The van der Waals surface area contributed by atoms with Crippen LogP contribution in [0.2, 0.25) is 0 Å². The van der Waals surface area contributed by atoms with Gasteiger partial charge in [0.1, 0.15) is 12.4 Å². The van der Waals surface area contributed by atoms with Gasteiger partial charge < -0.3 is 9.84 Å². The zero-order valence-corrected chi connectivity index (χ0v) is 11.5. The van der Waals surface area contributed by atoms with Crippen LogP contribution in [0.5, 0.6) is 5.75 Å². The Kier molecular flexibility index (Phi) is 6.32. The third-order valence-electron chi connectivity index (χ3n) is 2.79. The van der Waals surface area contributed by atoms with Gasteiger partial charge in [0.15, 0.2) is 0 Å². The van der Waals surface area contributed by atoms with Gasteiger partial charge in [0.05, 0.1) is 6.61 Å². The molecule has 0 saturated heterocycles. The van der Waals surface area contributed by atoms with Crippen LogP contribution in [-0.2, 0) is 0 Å². The van der Waals surface area contributed by atoms with Gasteiger partial charge in [-0.15, -0.1) is 0 Å². The van der Waals surface area contributed by atoms with Crippen molar-refractivity contribution in [1.82, 2.24) is 0 Å². The Hall–Kier alpha value is -1.46. The number of benzene rings is 1. The molecule has 0 aliphatic carbocycles. The highest BCUT2D eigenvalue weighted by atomic mass is 16.5. The number of rotatable bonds is 5. The summed E-state index contributed by atoms with van der Waals surface area (Å²) in [6.45, 7) is 7.07. The molecule has 0 saturated carbocycles. The molecule has 0 amide bonds. The average Bonchev–Trinajstić information content (AvgIpc) is 2.35. The standard InChI is InChI=1S/C16H22O2/c1-4-6-13(2)12-18-16-9-8-15(7-5-10-17)11-14(16)3/h8-9,11,13,17H,4,6,10,12H2,1-3H3. The molecule has 0 aliphatic heterocycles. The van der Waals surface area contributed by atoms with Gasteiger partial charge in [-0.2, -0.15) is 0 Å². The van der Waals surface area contributed by atoms with Crippen LogP contribution >= 0.6 is 0 Å². The summed E-state index contributed by atoms with van der Waals surface area (Å²) in [5, 5.41) is 8.65. The van der Waals surface area contributed by atoms with Crippen molar-refractivity contribution in [1.29, 1.82) is 0 Å². The third-order valence-corrected chi connectivity index (χ3v) is 2.79. The van der Waals surface area contributed by atoms with Gasteiger partial charge in [0.2, 0.25) is 0 Å². The zero-order chi connectivity index (χ0) is 13.4. The van der Waals surface area contributed by atoms with Crippen molar-refractivity contribution in [3.8, 4) is 17.6 Å². The van der Waals surface area contributed by atoms with Crippen molar-refractivity contribution in [2.24, 2.45) is 5.92 Å². The zero-order valence-electron chi connectivity index (χ0n) is 11.5. The maximum Gasteiger partial charge on any atom is 0.122 e. The van der Waals surface area contributed by atoms with Crippen molar-refractivity contribution in [2.75, 3.05) is 13.2 Å². The highest BCUT2D eigenvalue weighted by Crippen LogP contribution is 2.20. The Labute approximate surface area is 110 Å². The molecule has 0 radical (unpaired) electrons. The molecule has 1 N–H and O–H groups in total. The van der Waals surface area contributed by atoms with E-state index in [1.54, 1.807) is 0 Å². The van der Waals surface area contributed by atoms with Crippen molar-refractivity contribution in [2.45, 2.75) is 33.6 Å². The minimum absolute atomic E-state index is 0.105. The molecular formula is C16H22O2. The van der Waals surface area contributed by atoms with E-state index in [0.717, 1.165) is 23.5 Å². The van der Waals surface area contributed by atoms with Gasteiger partial charge in [-0.05, 0) is 43.0 Å². The molecule has 2 nitrogen and oxygen atoms in total.